The van der Waals surface area contributed by atoms with Crippen LogP contribution in [0.4, 0.5) is 0 Å². The van der Waals surface area contributed by atoms with E-state index in [0.29, 0.717) is 5.57 Å². The number of hydrogen-bond donors (Lipinski definition) is 0. The first-order chi connectivity index (χ1) is 6.20. The van der Waals surface area contributed by atoms with Gasteiger partial charge in [0.05, 0.1) is 0 Å². The maximum absolute atomic E-state index is 10.6. The second-order valence-corrected chi connectivity index (χ2v) is 2.89. The first-order valence-electron chi connectivity index (χ1n) is 3.82. The molecule has 0 aliphatic heterocycles. The topological polar surface area (TPSA) is 17.1 Å². The van der Waals surface area contributed by atoms with Crippen molar-refractivity contribution in [1.82, 2.24) is 0 Å². The van der Waals surface area contributed by atoms with Crippen molar-refractivity contribution in [3.8, 4) is 0 Å². The van der Waals surface area contributed by atoms with E-state index in [0.717, 1.165) is 5.56 Å². The van der Waals surface area contributed by atoms with Crippen molar-refractivity contribution in [2.75, 3.05) is 0 Å². The van der Waals surface area contributed by atoms with E-state index < -0.39 is 5.24 Å². The van der Waals surface area contributed by atoms with Crippen molar-refractivity contribution >= 4 is 22.9 Å². The fraction of sp³-hybridized carbons (Fsp3) is 0. The van der Waals surface area contributed by atoms with Crippen LogP contribution in [0, 0.1) is 0 Å². The molecule has 0 heterocycles. The van der Waals surface area contributed by atoms with Crippen LogP contribution in [-0.2, 0) is 4.79 Å². The maximum Gasteiger partial charge on any atom is 0.251 e. The molecule has 0 unspecified atom stereocenters. The first kappa shape index (κ1) is 9.75. The Morgan fingerprint density at radius 3 is 2.46 bits per heavy atom. The Labute approximate surface area is 82.3 Å². The molecule has 0 N–H and O–H groups in total. The SMILES string of the molecule is C=C(C=Cc1ccccc1)C(=O)Cl. The zero-order chi connectivity index (χ0) is 9.68. The molecule has 0 aliphatic rings. The third-order valence-electron chi connectivity index (χ3n) is 1.53. The van der Waals surface area contributed by atoms with Crippen molar-refractivity contribution in [2.24, 2.45) is 0 Å². The van der Waals surface area contributed by atoms with Crippen LogP contribution in [0.15, 0.2) is 48.6 Å². The second-order valence-electron chi connectivity index (χ2n) is 2.54. The predicted molar refractivity (Wildman–Crippen MR) is 55.5 cm³/mol. The molecule has 0 amide bonds. The maximum atomic E-state index is 10.6. The van der Waals surface area contributed by atoms with Gasteiger partial charge in [0.2, 0.25) is 0 Å². The molecule has 0 radical (unpaired) electrons. The molecule has 1 nitrogen and oxygen atoms in total. The largest absolute Gasteiger partial charge is 0.276 e. The van der Waals surface area contributed by atoms with Crippen LogP contribution in [0.2, 0.25) is 0 Å². The molecule has 2 heteroatoms. The molecule has 0 bridgehead atoms. The molecular weight excluding hydrogens is 184 g/mol. The van der Waals surface area contributed by atoms with Gasteiger partial charge in [0.15, 0.2) is 0 Å². The van der Waals surface area contributed by atoms with Crippen LogP contribution >= 0.6 is 11.6 Å². The Bertz CT molecular complexity index is 338. The summed E-state index contributed by atoms with van der Waals surface area (Å²) >= 11 is 5.20. The molecular formula is C11H9ClO. The highest BCUT2D eigenvalue weighted by Crippen LogP contribution is 2.05. The number of allylic oxidation sites excluding steroid dienone is 2. The van der Waals surface area contributed by atoms with E-state index in [1.54, 1.807) is 12.2 Å². The average Bonchev–Trinajstić information content (AvgIpc) is 2.15. The van der Waals surface area contributed by atoms with Gasteiger partial charge < -0.3 is 0 Å². The number of benzene rings is 1. The lowest BCUT2D eigenvalue weighted by Gasteiger charge is -1.91. The summed E-state index contributed by atoms with van der Waals surface area (Å²) in [4.78, 5) is 10.6. The van der Waals surface area contributed by atoms with Gasteiger partial charge in [-0.15, -0.1) is 0 Å². The van der Waals surface area contributed by atoms with Gasteiger partial charge in [0.25, 0.3) is 5.24 Å². The van der Waals surface area contributed by atoms with Gasteiger partial charge in [-0.2, -0.15) is 0 Å². The van der Waals surface area contributed by atoms with Gasteiger partial charge in [-0.3, -0.25) is 4.79 Å². The number of halogens is 1. The minimum atomic E-state index is -0.521. The van der Waals surface area contributed by atoms with E-state index in [9.17, 15) is 4.79 Å². The summed E-state index contributed by atoms with van der Waals surface area (Å²) < 4.78 is 0. The van der Waals surface area contributed by atoms with Gasteiger partial charge in [0, 0.05) is 5.57 Å². The Kier molecular flexibility index (Phi) is 3.47. The van der Waals surface area contributed by atoms with Crippen LogP contribution in [0.1, 0.15) is 5.56 Å². The zero-order valence-electron chi connectivity index (χ0n) is 7.03. The minimum Gasteiger partial charge on any atom is -0.276 e. The highest BCUT2D eigenvalue weighted by Gasteiger charge is 1.96. The molecule has 0 fully saturated rings. The van der Waals surface area contributed by atoms with E-state index in [-0.39, 0.29) is 0 Å². The summed E-state index contributed by atoms with van der Waals surface area (Å²) in [5.41, 5.74) is 1.31. The van der Waals surface area contributed by atoms with Crippen LogP contribution < -0.4 is 0 Å². The van der Waals surface area contributed by atoms with Gasteiger partial charge in [0.1, 0.15) is 0 Å². The molecule has 1 aromatic rings. The third-order valence-corrected chi connectivity index (χ3v) is 1.77. The Morgan fingerprint density at radius 1 is 1.31 bits per heavy atom. The Hall–Kier alpha value is -1.34. The average molecular weight is 193 g/mol. The monoisotopic (exact) mass is 192 g/mol. The van der Waals surface area contributed by atoms with Crippen LogP contribution in [-0.4, -0.2) is 5.24 Å². The highest BCUT2D eigenvalue weighted by atomic mass is 35.5. The normalized spacial score (nSPS) is 10.2. The van der Waals surface area contributed by atoms with E-state index >= 15 is 0 Å². The van der Waals surface area contributed by atoms with Crippen molar-refractivity contribution in [3.05, 3.63) is 54.1 Å². The van der Waals surface area contributed by atoms with Gasteiger partial charge in [-0.1, -0.05) is 49.1 Å². The van der Waals surface area contributed by atoms with Crippen molar-refractivity contribution in [2.45, 2.75) is 0 Å². The summed E-state index contributed by atoms with van der Waals surface area (Å²) in [6, 6.07) is 9.64. The summed E-state index contributed by atoms with van der Waals surface area (Å²) in [7, 11) is 0. The zero-order valence-corrected chi connectivity index (χ0v) is 7.79. The molecule has 66 valence electrons. The molecule has 0 aromatic heterocycles. The smallest absolute Gasteiger partial charge is 0.251 e. The Morgan fingerprint density at radius 2 is 1.92 bits per heavy atom. The van der Waals surface area contributed by atoms with Crippen LogP contribution in [0.5, 0.6) is 0 Å². The number of rotatable bonds is 3. The number of hydrogen-bond acceptors (Lipinski definition) is 1. The van der Waals surface area contributed by atoms with Crippen molar-refractivity contribution in [3.63, 3.8) is 0 Å². The summed E-state index contributed by atoms with van der Waals surface area (Å²) in [5.74, 6) is 0. The first-order valence-corrected chi connectivity index (χ1v) is 4.20. The van der Waals surface area contributed by atoms with Gasteiger partial charge in [-0.25, -0.2) is 0 Å². The summed E-state index contributed by atoms with van der Waals surface area (Å²) in [5, 5.41) is -0.521. The minimum absolute atomic E-state index is 0.297. The fourth-order valence-corrected chi connectivity index (χ4v) is 0.889. The molecule has 0 saturated carbocycles. The van der Waals surface area contributed by atoms with E-state index in [1.165, 1.54) is 0 Å². The Balaban J connectivity index is 2.70. The fourth-order valence-electron chi connectivity index (χ4n) is 0.826. The lowest BCUT2D eigenvalue weighted by molar-refractivity contribution is -0.108. The second kappa shape index (κ2) is 4.63. The van der Waals surface area contributed by atoms with Crippen LogP contribution in [0.25, 0.3) is 6.08 Å². The number of carbonyl (C=O) groups is 1. The highest BCUT2D eigenvalue weighted by molar-refractivity contribution is 6.68. The van der Waals surface area contributed by atoms with E-state index in [1.807, 2.05) is 30.3 Å². The third kappa shape index (κ3) is 3.26. The summed E-state index contributed by atoms with van der Waals surface area (Å²) in [6.07, 6.45) is 3.40. The van der Waals surface area contributed by atoms with Crippen molar-refractivity contribution < 1.29 is 4.79 Å². The quantitative estimate of drug-likeness (QED) is 0.409. The van der Waals surface area contributed by atoms with Gasteiger partial charge >= 0.3 is 0 Å². The lowest BCUT2D eigenvalue weighted by Crippen LogP contribution is -1.85. The molecule has 13 heavy (non-hydrogen) atoms. The molecule has 1 rings (SSSR count). The lowest BCUT2D eigenvalue weighted by atomic mass is 10.2. The molecule has 0 saturated heterocycles. The standard InChI is InChI=1S/C11H9ClO/c1-9(11(12)13)7-8-10-5-3-2-4-6-10/h2-8H,1H2. The van der Waals surface area contributed by atoms with E-state index in [2.05, 4.69) is 6.58 Å². The molecule has 0 atom stereocenters. The summed E-state index contributed by atoms with van der Waals surface area (Å²) in [6.45, 7) is 3.50. The predicted octanol–water partition coefficient (Wildman–Crippen LogP) is 3.02. The van der Waals surface area contributed by atoms with Crippen LogP contribution in [0.3, 0.4) is 0 Å². The van der Waals surface area contributed by atoms with E-state index in [4.69, 9.17) is 11.6 Å². The molecule has 0 aliphatic carbocycles. The van der Waals surface area contributed by atoms with Crippen molar-refractivity contribution in [1.29, 1.82) is 0 Å². The number of carbonyl (C=O) groups excluding carboxylic acids is 1. The molecule has 0 spiro atoms. The molecule has 1 aromatic carbocycles. The van der Waals surface area contributed by atoms with Gasteiger partial charge in [-0.05, 0) is 17.2 Å².